The lowest BCUT2D eigenvalue weighted by atomic mass is 10.3. The van der Waals surface area contributed by atoms with E-state index in [0.29, 0.717) is 6.54 Å². The van der Waals surface area contributed by atoms with Crippen LogP contribution in [0.4, 0.5) is 0 Å². The van der Waals surface area contributed by atoms with E-state index in [4.69, 9.17) is 0 Å². The SMILES string of the molecule is CCCc1nc(C)c(CNC(=O)Cn2ccc(=O)cc2)s1. The second-order valence-electron chi connectivity index (χ2n) is 4.85. The van der Waals surface area contributed by atoms with Gasteiger partial charge >= 0.3 is 0 Å². The summed E-state index contributed by atoms with van der Waals surface area (Å²) in [6, 6.07) is 2.88. The summed E-state index contributed by atoms with van der Waals surface area (Å²) in [4.78, 5) is 28.5. The van der Waals surface area contributed by atoms with Gasteiger partial charge in [0, 0.05) is 29.4 Å². The molecule has 0 aromatic carbocycles. The quantitative estimate of drug-likeness (QED) is 0.886. The second-order valence-corrected chi connectivity index (χ2v) is 6.02. The lowest BCUT2D eigenvalue weighted by Crippen LogP contribution is -2.27. The predicted molar refractivity (Wildman–Crippen MR) is 83.4 cm³/mol. The summed E-state index contributed by atoms with van der Waals surface area (Å²) < 4.78 is 1.68. The predicted octanol–water partition coefficient (Wildman–Crippen LogP) is 1.88. The summed E-state index contributed by atoms with van der Waals surface area (Å²) in [5.74, 6) is -0.0801. The molecule has 0 saturated carbocycles. The van der Waals surface area contributed by atoms with E-state index < -0.39 is 0 Å². The highest BCUT2D eigenvalue weighted by Gasteiger charge is 2.08. The van der Waals surface area contributed by atoms with Crippen LogP contribution < -0.4 is 10.7 Å². The fourth-order valence-electron chi connectivity index (χ4n) is 1.92. The minimum atomic E-state index is -0.0801. The average Bonchev–Trinajstić information content (AvgIpc) is 2.80. The number of nitrogens with zero attached hydrogens (tertiary/aromatic N) is 2. The minimum absolute atomic E-state index is 0.0598. The molecule has 2 aromatic rings. The molecule has 0 radical (unpaired) electrons. The third-order valence-corrected chi connectivity index (χ3v) is 4.25. The first-order valence-corrected chi connectivity index (χ1v) is 7.78. The number of aryl methyl sites for hydroxylation is 2. The molecular weight excluding hydrogens is 286 g/mol. The Morgan fingerprint density at radius 3 is 2.76 bits per heavy atom. The normalized spacial score (nSPS) is 10.6. The maximum Gasteiger partial charge on any atom is 0.240 e. The van der Waals surface area contributed by atoms with Gasteiger partial charge in [-0.25, -0.2) is 4.98 Å². The average molecular weight is 305 g/mol. The molecular formula is C15H19N3O2S. The van der Waals surface area contributed by atoms with Gasteiger partial charge < -0.3 is 9.88 Å². The molecule has 112 valence electrons. The Morgan fingerprint density at radius 2 is 2.10 bits per heavy atom. The van der Waals surface area contributed by atoms with Crippen LogP contribution in [-0.4, -0.2) is 15.5 Å². The molecule has 6 heteroatoms. The van der Waals surface area contributed by atoms with Gasteiger partial charge in [0.05, 0.1) is 17.2 Å². The van der Waals surface area contributed by atoms with Crippen LogP contribution in [0.2, 0.25) is 0 Å². The van der Waals surface area contributed by atoms with Gasteiger partial charge in [0.25, 0.3) is 0 Å². The standard InChI is InChI=1S/C15H19N3O2S/c1-3-4-15-17-11(2)13(21-15)9-16-14(20)10-18-7-5-12(19)6-8-18/h5-8H,3-4,9-10H2,1-2H3,(H,16,20). The number of hydrogen-bond acceptors (Lipinski definition) is 4. The number of carbonyl (C=O) groups is 1. The molecule has 21 heavy (non-hydrogen) atoms. The van der Waals surface area contributed by atoms with E-state index in [-0.39, 0.29) is 17.9 Å². The van der Waals surface area contributed by atoms with Crippen molar-refractivity contribution in [2.24, 2.45) is 0 Å². The molecule has 2 heterocycles. The van der Waals surface area contributed by atoms with Gasteiger partial charge in [-0.05, 0) is 19.8 Å². The van der Waals surface area contributed by atoms with Crippen molar-refractivity contribution < 1.29 is 4.79 Å². The molecule has 0 unspecified atom stereocenters. The Labute approximate surface area is 127 Å². The molecule has 5 nitrogen and oxygen atoms in total. The number of hydrogen-bond donors (Lipinski definition) is 1. The zero-order valence-corrected chi connectivity index (χ0v) is 13.1. The summed E-state index contributed by atoms with van der Waals surface area (Å²) in [7, 11) is 0. The molecule has 0 aliphatic rings. The van der Waals surface area contributed by atoms with Gasteiger partial charge in [-0.1, -0.05) is 6.92 Å². The summed E-state index contributed by atoms with van der Waals surface area (Å²) in [5, 5.41) is 4.02. The molecule has 2 aromatic heterocycles. The molecule has 0 saturated heterocycles. The highest BCUT2D eigenvalue weighted by Crippen LogP contribution is 2.18. The molecule has 1 N–H and O–H groups in total. The molecule has 1 amide bonds. The van der Waals surface area contributed by atoms with Crippen molar-refractivity contribution in [2.75, 3.05) is 0 Å². The number of pyridine rings is 1. The van der Waals surface area contributed by atoms with Gasteiger partial charge in [-0.3, -0.25) is 9.59 Å². The van der Waals surface area contributed by atoms with Crippen LogP contribution in [0.3, 0.4) is 0 Å². The molecule has 0 atom stereocenters. The number of aromatic nitrogens is 2. The van der Waals surface area contributed by atoms with Gasteiger partial charge in [0.15, 0.2) is 5.43 Å². The number of thiazole rings is 1. The van der Waals surface area contributed by atoms with Crippen molar-refractivity contribution in [2.45, 2.75) is 39.8 Å². The van der Waals surface area contributed by atoms with Gasteiger partial charge in [-0.2, -0.15) is 0 Å². The Hall–Kier alpha value is -1.95. The first-order chi connectivity index (χ1) is 10.1. The Bertz CT molecular complexity index is 655. The van der Waals surface area contributed by atoms with Crippen molar-refractivity contribution in [3.63, 3.8) is 0 Å². The van der Waals surface area contributed by atoms with Gasteiger partial charge in [0.2, 0.25) is 5.91 Å². The minimum Gasteiger partial charge on any atom is -0.350 e. The summed E-state index contributed by atoms with van der Waals surface area (Å²) in [6.07, 6.45) is 5.28. The smallest absolute Gasteiger partial charge is 0.240 e. The third-order valence-electron chi connectivity index (χ3n) is 3.03. The summed E-state index contributed by atoms with van der Waals surface area (Å²) in [6.45, 7) is 4.81. The largest absolute Gasteiger partial charge is 0.350 e. The van der Waals surface area contributed by atoms with Crippen LogP contribution in [0, 0.1) is 6.92 Å². The molecule has 0 spiro atoms. The van der Waals surface area contributed by atoms with Crippen LogP contribution >= 0.6 is 11.3 Å². The topological polar surface area (TPSA) is 64.0 Å². The van der Waals surface area contributed by atoms with Crippen molar-refractivity contribution in [1.82, 2.24) is 14.9 Å². The molecule has 2 rings (SSSR count). The molecule has 0 aliphatic heterocycles. The van der Waals surface area contributed by atoms with Crippen molar-refractivity contribution >= 4 is 17.2 Å². The number of nitrogens with one attached hydrogen (secondary N) is 1. The Morgan fingerprint density at radius 1 is 1.38 bits per heavy atom. The summed E-state index contributed by atoms with van der Waals surface area (Å²) in [5.41, 5.74) is 0.933. The van der Waals surface area contributed by atoms with E-state index in [1.165, 1.54) is 12.1 Å². The van der Waals surface area contributed by atoms with E-state index in [1.807, 2.05) is 6.92 Å². The lowest BCUT2D eigenvalue weighted by Gasteiger charge is -2.06. The number of carbonyl (C=O) groups excluding carboxylic acids is 1. The van der Waals surface area contributed by atoms with Crippen LogP contribution in [0.1, 0.15) is 28.9 Å². The van der Waals surface area contributed by atoms with E-state index in [2.05, 4.69) is 17.2 Å². The highest BCUT2D eigenvalue weighted by molar-refractivity contribution is 7.11. The highest BCUT2D eigenvalue weighted by atomic mass is 32.1. The zero-order valence-electron chi connectivity index (χ0n) is 12.3. The first kappa shape index (κ1) is 15.4. The van der Waals surface area contributed by atoms with E-state index >= 15 is 0 Å². The number of rotatable bonds is 6. The monoisotopic (exact) mass is 305 g/mol. The van der Waals surface area contributed by atoms with Crippen molar-refractivity contribution in [3.8, 4) is 0 Å². The zero-order chi connectivity index (χ0) is 15.2. The fourth-order valence-corrected chi connectivity index (χ4v) is 3.03. The second kappa shape index (κ2) is 7.17. The van der Waals surface area contributed by atoms with Crippen LogP contribution in [0.5, 0.6) is 0 Å². The van der Waals surface area contributed by atoms with Gasteiger partial charge in [-0.15, -0.1) is 11.3 Å². The van der Waals surface area contributed by atoms with Gasteiger partial charge in [0.1, 0.15) is 6.54 Å². The Balaban J connectivity index is 1.89. The third kappa shape index (κ3) is 4.53. The van der Waals surface area contributed by atoms with Crippen LogP contribution in [0.25, 0.3) is 0 Å². The van der Waals surface area contributed by atoms with E-state index in [9.17, 15) is 9.59 Å². The maximum atomic E-state index is 11.9. The van der Waals surface area contributed by atoms with Crippen molar-refractivity contribution in [1.29, 1.82) is 0 Å². The number of amides is 1. The molecule has 0 bridgehead atoms. The van der Waals surface area contributed by atoms with Crippen LogP contribution in [-0.2, 0) is 24.3 Å². The maximum absolute atomic E-state index is 11.9. The Kier molecular flexibility index (Phi) is 5.27. The van der Waals surface area contributed by atoms with Crippen LogP contribution in [0.15, 0.2) is 29.3 Å². The molecule has 0 aliphatic carbocycles. The summed E-state index contributed by atoms with van der Waals surface area (Å²) >= 11 is 1.66. The lowest BCUT2D eigenvalue weighted by molar-refractivity contribution is -0.121. The first-order valence-electron chi connectivity index (χ1n) is 6.96. The van der Waals surface area contributed by atoms with E-state index in [0.717, 1.165) is 28.4 Å². The fraction of sp³-hybridized carbons (Fsp3) is 0.400. The van der Waals surface area contributed by atoms with E-state index in [1.54, 1.807) is 28.3 Å². The van der Waals surface area contributed by atoms with Crippen molar-refractivity contribution in [3.05, 3.63) is 50.3 Å². The molecule has 0 fully saturated rings.